The summed E-state index contributed by atoms with van der Waals surface area (Å²) in [7, 11) is 0. The van der Waals surface area contributed by atoms with Gasteiger partial charge in [-0.1, -0.05) is 29.8 Å². The Morgan fingerprint density at radius 1 is 0.913 bits per heavy atom. The maximum atomic E-state index is 13.0. The Morgan fingerprint density at radius 2 is 1.52 bits per heavy atom. The lowest BCUT2D eigenvalue weighted by atomic mass is 10.1. The van der Waals surface area contributed by atoms with Crippen LogP contribution in [0, 0.1) is 12.7 Å². The first-order valence-corrected chi connectivity index (χ1v) is 7.99. The van der Waals surface area contributed by atoms with Crippen LogP contribution in [0.3, 0.4) is 0 Å². The molecule has 0 radical (unpaired) electrons. The molecule has 0 bridgehead atoms. The molecule has 1 fully saturated rings. The summed E-state index contributed by atoms with van der Waals surface area (Å²) in [6, 6.07) is 15.2. The number of hydrogen-bond donors (Lipinski definition) is 0. The van der Waals surface area contributed by atoms with Gasteiger partial charge >= 0.3 is 0 Å². The molecule has 2 aromatic rings. The Labute approximate surface area is 137 Å². The van der Waals surface area contributed by atoms with E-state index < -0.39 is 0 Å². The van der Waals surface area contributed by atoms with Gasteiger partial charge in [-0.25, -0.2) is 4.39 Å². The molecule has 0 amide bonds. The van der Waals surface area contributed by atoms with E-state index in [-0.39, 0.29) is 5.82 Å². The highest BCUT2D eigenvalue weighted by atomic mass is 19.1. The molecule has 23 heavy (non-hydrogen) atoms. The van der Waals surface area contributed by atoms with Gasteiger partial charge in [-0.15, -0.1) is 0 Å². The van der Waals surface area contributed by atoms with Crippen LogP contribution in [-0.2, 0) is 0 Å². The molecule has 2 aromatic carbocycles. The van der Waals surface area contributed by atoms with Crippen molar-refractivity contribution in [1.29, 1.82) is 0 Å². The number of piperazine rings is 1. The van der Waals surface area contributed by atoms with E-state index in [2.05, 4.69) is 46.2 Å². The number of rotatable bonds is 3. The zero-order valence-electron chi connectivity index (χ0n) is 13.7. The largest absolute Gasteiger partial charge is 0.368 e. The Bertz CT molecular complexity index is 669. The second-order valence-corrected chi connectivity index (χ2v) is 5.97. The van der Waals surface area contributed by atoms with Crippen LogP contribution in [0.25, 0.3) is 0 Å². The van der Waals surface area contributed by atoms with Crippen molar-refractivity contribution >= 4 is 11.4 Å². The number of aryl methyl sites for hydroxylation is 1. The second kappa shape index (κ2) is 6.82. The van der Waals surface area contributed by atoms with E-state index in [9.17, 15) is 4.39 Å². The number of anilines is 1. The third kappa shape index (κ3) is 3.89. The quantitative estimate of drug-likeness (QED) is 0.805. The van der Waals surface area contributed by atoms with Crippen molar-refractivity contribution in [3.63, 3.8) is 0 Å². The molecule has 3 rings (SSSR count). The number of nitrogens with zero attached hydrogens (tertiary/aromatic N) is 3. The highest BCUT2D eigenvalue weighted by molar-refractivity contribution is 5.98. The summed E-state index contributed by atoms with van der Waals surface area (Å²) in [5.74, 6) is -0.215. The summed E-state index contributed by atoms with van der Waals surface area (Å²) < 4.78 is 13.0. The molecule has 0 spiro atoms. The first-order valence-electron chi connectivity index (χ1n) is 7.99. The second-order valence-electron chi connectivity index (χ2n) is 5.97. The molecule has 0 saturated carbocycles. The fraction of sp³-hybridized carbons (Fsp3) is 0.316. The smallest absolute Gasteiger partial charge is 0.123 e. The van der Waals surface area contributed by atoms with Crippen LogP contribution < -0.4 is 4.90 Å². The molecule has 0 N–H and O–H groups in total. The minimum Gasteiger partial charge on any atom is -0.368 e. The zero-order chi connectivity index (χ0) is 16.2. The van der Waals surface area contributed by atoms with Gasteiger partial charge < -0.3 is 4.90 Å². The molecule has 1 saturated heterocycles. The summed E-state index contributed by atoms with van der Waals surface area (Å²) in [5.41, 5.74) is 4.45. The van der Waals surface area contributed by atoms with Crippen molar-refractivity contribution < 1.29 is 4.39 Å². The number of benzene rings is 2. The minimum atomic E-state index is -0.215. The summed E-state index contributed by atoms with van der Waals surface area (Å²) in [6.45, 7) is 7.79. The van der Waals surface area contributed by atoms with Crippen LogP contribution in [0.4, 0.5) is 10.1 Å². The van der Waals surface area contributed by atoms with Crippen molar-refractivity contribution in [3.05, 3.63) is 65.5 Å². The fourth-order valence-corrected chi connectivity index (χ4v) is 2.77. The van der Waals surface area contributed by atoms with Gasteiger partial charge in [0, 0.05) is 18.8 Å². The van der Waals surface area contributed by atoms with Gasteiger partial charge in [-0.3, -0.25) is 5.01 Å². The first-order chi connectivity index (χ1) is 11.1. The predicted octanol–water partition coefficient (Wildman–Crippen LogP) is 3.68. The van der Waals surface area contributed by atoms with Gasteiger partial charge in [0.25, 0.3) is 0 Å². The Kier molecular flexibility index (Phi) is 4.60. The maximum Gasteiger partial charge on any atom is 0.123 e. The molecule has 4 heteroatoms. The predicted molar refractivity (Wildman–Crippen MR) is 93.6 cm³/mol. The van der Waals surface area contributed by atoms with Gasteiger partial charge in [0.15, 0.2) is 0 Å². The van der Waals surface area contributed by atoms with Crippen LogP contribution in [0.5, 0.6) is 0 Å². The molecule has 0 aliphatic carbocycles. The summed E-state index contributed by atoms with van der Waals surface area (Å²) in [6.07, 6.45) is 0. The SMILES string of the molecule is CC(=NN1CCN(c2ccc(C)cc2)CC1)c1ccc(F)cc1. The van der Waals surface area contributed by atoms with Crippen molar-refractivity contribution in [2.75, 3.05) is 31.1 Å². The van der Waals surface area contributed by atoms with Gasteiger partial charge in [0.05, 0.1) is 18.8 Å². The van der Waals surface area contributed by atoms with E-state index in [0.29, 0.717) is 0 Å². The van der Waals surface area contributed by atoms with Crippen LogP contribution in [0.15, 0.2) is 53.6 Å². The molecule has 1 heterocycles. The highest BCUT2D eigenvalue weighted by Crippen LogP contribution is 2.17. The van der Waals surface area contributed by atoms with E-state index >= 15 is 0 Å². The van der Waals surface area contributed by atoms with Gasteiger partial charge in [0.2, 0.25) is 0 Å². The van der Waals surface area contributed by atoms with Gasteiger partial charge in [-0.2, -0.15) is 5.10 Å². The maximum absolute atomic E-state index is 13.0. The van der Waals surface area contributed by atoms with Crippen LogP contribution in [-0.4, -0.2) is 36.9 Å². The molecule has 0 unspecified atom stereocenters. The average molecular weight is 311 g/mol. The van der Waals surface area contributed by atoms with E-state index in [1.54, 1.807) is 12.1 Å². The molecule has 3 nitrogen and oxygen atoms in total. The molecular formula is C19H22FN3. The lowest BCUT2D eigenvalue weighted by Crippen LogP contribution is -2.44. The molecular weight excluding hydrogens is 289 g/mol. The third-order valence-electron chi connectivity index (χ3n) is 4.21. The normalized spacial score (nSPS) is 15.9. The number of halogens is 1. The monoisotopic (exact) mass is 311 g/mol. The Morgan fingerprint density at radius 3 is 2.13 bits per heavy atom. The van der Waals surface area contributed by atoms with Crippen LogP contribution >= 0.6 is 0 Å². The van der Waals surface area contributed by atoms with E-state index in [1.165, 1.54) is 23.4 Å². The Balaban J connectivity index is 1.61. The third-order valence-corrected chi connectivity index (χ3v) is 4.21. The van der Waals surface area contributed by atoms with Gasteiger partial charge in [-0.05, 0) is 43.7 Å². The van der Waals surface area contributed by atoms with Gasteiger partial charge in [0.1, 0.15) is 5.82 Å². The Hall–Kier alpha value is -2.36. The highest BCUT2D eigenvalue weighted by Gasteiger charge is 2.16. The lowest BCUT2D eigenvalue weighted by molar-refractivity contribution is 0.270. The molecule has 0 atom stereocenters. The van der Waals surface area contributed by atoms with Crippen LogP contribution in [0.2, 0.25) is 0 Å². The molecule has 120 valence electrons. The minimum absolute atomic E-state index is 0.215. The topological polar surface area (TPSA) is 18.8 Å². The van der Waals surface area contributed by atoms with Crippen molar-refractivity contribution in [2.45, 2.75) is 13.8 Å². The molecule has 0 aromatic heterocycles. The van der Waals surface area contributed by atoms with E-state index in [1.807, 2.05) is 6.92 Å². The summed E-state index contributed by atoms with van der Waals surface area (Å²) in [5, 5.41) is 6.78. The zero-order valence-corrected chi connectivity index (χ0v) is 13.7. The summed E-state index contributed by atoms with van der Waals surface area (Å²) >= 11 is 0. The summed E-state index contributed by atoms with van der Waals surface area (Å²) in [4.78, 5) is 2.39. The number of hydrazone groups is 1. The lowest BCUT2D eigenvalue weighted by Gasteiger charge is -2.35. The van der Waals surface area contributed by atoms with Crippen LogP contribution in [0.1, 0.15) is 18.1 Å². The molecule has 1 aliphatic rings. The van der Waals surface area contributed by atoms with Crippen molar-refractivity contribution in [1.82, 2.24) is 5.01 Å². The van der Waals surface area contributed by atoms with Crippen molar-refractivity contribution in [2.24, 2.45) is 5.10 Å². The molecule has 1 aliphatic heterocycles. The average Bonchev–Trinajstić information content (AvgIpc) is 2.57. The van der Waals surface area contributed by atoms with E-state index in [4.69, 9.17) is 0 Å². The first kappa shape index (κ1) is 15.5. The fourth-order valence-electron chi connectivity index (χ4n) is 2.77. The standard InChI is InChI=1S/C19H22FN3/c1-15-3-9-19(10-4-15)22-11-13-23(14-12-22)21-16(2)17-5-7-18(20)8-6-17/h3-10H,11-14H2,1-2H3. The van der Waals surface area contributed by atoms with E-state index in [0.717, 1.165) is 37.5 Å². The van der Waals surface area contributed by atoms with Crippen molar-refractivity contribution in [3.8, 4) is 0 Å². The number of hydrogen-bond acceptors (Lipinski definition) is 3.